The number of ketones is 1. The van der Waals surface area contributed by atoms with Crippen molar-refractivity contribution in [2.24, 2.45) is 0 Å². The zero-order chi connectivity index (χ0) is 15.7. The summed E-state index contributed by atoms with van der Waals surface area (Å²) in [7, 11) is 0. The zero-order valence-electron chi connectivity index (χ0n) is 11.2. The van der Waals surface area contributed by atoms with Crippen LogP contribution in [0.5, 0.6) is 0 Å². The fourth-order valence-corrected chi connectivity index (χ4v) is 2.72. The van der Waals surface area contributed by atoms with Gasteiger partial charge in [-0.2, -0.15) is 0 Å². The average molecular weight is 333 g/mol. The predicted octanol–water partition coefficient (Wildman–Crippen LogP) is 4.30. The number of hydrogen-bond donors (Lipinski definition) is 2. The summed E-state index contributed by atoms with van der Waals surface area (Å²) in [5.41, 5.74) is 1.49. The van der Waals surface area contributed by atoms with Gasteiger partial charge in [0.25, 0.3) is 11.7 Å². The summed E-state index contributed by atoms with van der Waals surface area (Å²) in [6.45, 7) is 0. The molecule has 1 amide bonds. The van der Waals surface area contributed by atoms with Crippen molar-refractivity contribution in [3.63, 3.8) is 0 Å². The smallest absolute Gasteiger partial charge is 0.296 e. The van der Waals surface area contributed by atoms with Gasteiger partial charge in [-0.05, 0) is 24.3 Å². The Morgan fingerprint density at radius 3 is 2.41 bits per heavy atom. The van der Waals surface area contributed by atoms with Crippen LogP contribution in [-0.2, 0) is 4.79 Å². The van der Waals surface area contributed by atoms with E-state index in [9.17, 15) is 9.59 Å². The molecule has 0 atom stereocenters. The summed E-state index contributed by atoms with van der Waals surface area (Å²) in [4.78, 5) is 27.4. The van der Waals surface area contributed by atoms with Gasteiger partial charge < -0.3 is 10.3 Å². The van der Waals surface area contributed by atoms with E-state index in [-0.39, 0.29) is 0 Å². The highest BCUT2D eigenvalue weighted by Gasteiger charge is 2.20. The monoisotopic (exact) mass is 332 g/mol. The van der Waals surface area contributed by atoms with Crippen LogP contribution in [0.25, 0.3) is 10.9 Å². The molecule has 0 saturated carbocycles. The summed E-state index contributed by atoms with van der Waals surface area (Å²) in [5.74, 6) is -1.38. The number of para-hydroxylation sites is 1. The Kier molecular flexibility index (Phi) is 3.88. The molecule has 0 aliphatic carbocycles. The number of halogens is 2. The van der Waals surface area contributed by atoms with Crippen LogP contribution in [0.2, 0.25) is 10.0 Å². The molecule has 1 aromatic heterocycles. The highest BCUT2D eigenvalue weighted by Crippen LogP contribution is 2.23. The minimum Gasteiger partial charge on any atom is -0.360 e. The molecule has 4 nitrogen and oxygen atoms in total. The highest BCUT2D eigenvalue weighted by atomic mass is 35.5. The largest absolute Gasteiger partial charge is 0.360 e. The maximum Gasteiger partial charge on any atom is 0.296 e. The molecular weight excluding hydrogens is 323 g/mol. The van der Waals surface area contributed by atoms with Crippen LogP contribution in [0.1, 0.15) is 10.4 Å². The van der Waals surface area contributed by atoms with Crippen molar-refractivity contribution in [3.05, 3.63) is 64.3 Å². The van der Waals surface area contributed by atoms with Crippen molar-refractivity contribution < 1.29 is 9.59 Å². The molecule has 1 heterocycles. The summed E-state index contributed by atoms with van der Waals surface area (Å²) >= 11 is 11.7. The molecule has 0 unspecified atom stereocenters. The number of benzene rings is 2. The number of Topliss-reactive ketones (excluding diaryl/α,β-unsaturated/α-hetero) is 1. The van der Waals surface area contributed by atoms with Crippen LogP contribution < -0.4 is 5.32 Å². The molecule has 0 fully saturated rings. The first-order valence-corrected chi connectivity index (χ1v) is 7.18. The van der Waals surface area contributed by atoms with E-state index in [1.165, 1.54) is 18.3 Å². The van der Waals surface area contributed by atoms with E-state index in [1.54, 1.807) is 12.1 Å². The quantitative estimate of drug-likeness (QED) is 0.555. The molecule has 110 valence electrons. The SMILES string of the molecule is O=C(Nc1cc(Cl)cc(Cl)c1)C(=O)c1c[nH]c2ccccc12. The molecule has 6 heteroatoms. The lowest BCUT2D eigenvalue weighted by atomic mass is 10.1. The van der Waals surface area contributed by atoms with Gasteiger partial charge in [0.05, 0.1) is 5.56 Å². The average Bonchev–Trinajstić information content (AvgIpc) is 2.89. The van der Waals surface area contributed by atoms with Crippen LogP contribution in [0, 0.1) is 0 Å². The minimum absolute atomic E-state index is 0.321. The van der Waals surface area contributed by atoms with Gasteiger partial charge in [0.15, 0.2) is 0 Å². The second-order valence-electron chi connectivity index (χ2n) is 4.69. The molecule has 0 spiro atoms. The number of fused-ring (bicyclic) bond motifs is 1. The number of carbonyl (C=O) groups excluding carboxylic acids is 2. The van der Waals surface area contributed by atoms with Gasteiger partial charge in [0.2, 0.25) is 0 Å². The standard InChI is InChI=1S/C16H10Cl2N2O2/c17-9-5-10(18)7-11(6-9)20-16(22)15(21)13-8-19-14-4-2-1-3-12(13)14/h1-8,19H,(H,20,22). The Hall–Kier alpha value is -2.30. The number of aromatic nitrogens is 1. The number of nitrogens with one attached hydrogen (secondary N) is 2. The van der Waals surface area contributed by atoms with E-state index < -0.39 is 11.7 Å². The lowest BCUT2D eigenvalue weighted by Crippen LogP contribution is -2.22. The first-order chi connectivity index (χ1) is 10.5. The van der Waals surface area contributed by atoms with E-state index >= 15 is 0 Å². The first kappa shape index (κ1) is 14.6. The molecule has 22 heavy (non-hydrogen) atoms. The normalized spacial score (nSPS) is 10.6. The molecule has 0 bridgehead atoms. The lowest BCUT2D eigenvalue weighted by Gasteiger charge is -2.05. The van der Waals surface area contributed by atoms with Crippen molar-refractivity contribution >= 4 is 51.5 Å². The fraction of sp³-hybridized carbons (Fsp3) is 0. The third-order valence-electron chi connectivity index (χ3n) is 3.16. The van der Waals surface area contributed by atoms with Gasteiger partial charge in [-0.25, -0.2) is 0 Å². The Morgan fingerprint density at radius 2 is 1.68 bits per heavy atom. The van der Waals surface area contributed by atoms with Gasteiger partial charge in [0.1, 0.15) is 0 Å². The van der Waals surface area contributed by atoms with Crippen molar-refractivity contribution in [3.8, 4) is 0 Å². The molecular formula is C16H10Cl2N2O2. The maximum absolute atomic E-state index is 12.3. The van der Waals surface area contributed by atoms with Crippen LogP contribution in [-0.4, -0.2) is 16.7 Å². The van der Waals surface area contributed by atoms with Crippen molar-refractivity contribution in [1.29, 1.82) is 0 Å². The molecule has 2 N–H and O–H groups in total. The van der Waals surface area contributed by atoms with E-state index in [0.29, 0.717) is 26.7 Å². The predicted molar refractivity (Wildman–Crippen MR) is 87.7 cm³/mol. The van der Waals surface area contributed by atoms with E-state index in [0.717, 1.165) is 5.52 Å². The lowest BCUT2D eigenvalue weighted by molar-refractivity contribution is -0.112. The summed E-state index contributed by atoms with van der Waals surface area (Å²) < 4.78 is 0. The van der Waals surface area contributed by atoms with Crippen molar-refractivity contribution in [1.82, 2.24) is 4.98 Å². The summed E-state index contributed by atoms with van der Waals surface area (Å²) in [6, 6.07) is 11.9. The number of H-pyrrole nitrogens is 1. The van der Waals surface area contributed by atoms with Gasteiger partial charge in [-0.3, -0.25) is 9.59 Å². The van der Waals surface area contributed by atoms with E-state index in [1.807, 2.05) is 18.2 Å². The number of aromatic amines is 1. The molecule has 0 saturated heterocycles. The minimum atomic E-state index is -0.747. The van der Waals surface area contributed by atoms with Crippen molar-refractivity contribution in [2.75, 3.05) is 5.32 Å². The number of amides is 1. The Bertz CT molecular complexity index is 866. The number of rotatable bonds is 3. The van der Waals surface area contributed by atoms with Gasteiger partial charge in [-0.1, -0.05) is 41.4 Å². The number of carbonyl (C=O) groups is 2. The molecule has 3 rings (SSSR count). The van der Waals surface area contributed by atoms with Gasteiger partial charge in [-0.15, -0.1) is 0 Å². The second-order valence-corrected chi connectivity index (χ2v) is 5.56. The summed E-state index contributed by atoms with van der Waals surface area (Å²) in [6.07, 6.45) is 1.53. The van der Waals surface area contributed by atoms with Gasteiger partial charge in [0, 0.05) is 32.8 Å². The first-order valence-electron chi connectivity index (χ1n) is 6.42. The Morgan fingerprint density at radius 1 is 1.00 bits per heavy atom. The van der Waals surface area contributed by atoms with Crippen LogP contribution in [0.4, 0.5) is 5.69 Å². The van der Waals surface area contributed by atoms with Crippen LogP contribution in [0.15, 0.2) is 48.7 Å². The Labute approximate surface area is 136 Å². The number of hydrogen-bond acceptors (Lipinski definition) is 2. The summed E-state index contributed by atoms with van der Waals surface area (Å²) in [5, 5.41) is 3.96. The molecule has 0 radical (unpaired) electrons. The third-order valence-corrected chi connectivity index (χ3v) is 3.60. The van der Waals surface area contributed by atoms with E-state index in [2.05, 4.69) is 10.3 Å². The second kappa shape index (κ2) is 5.83. The van der Waals surface area contributed by atoms with Crippen LogP contribution in [0.3, 0.4) is 0 Å². The van der Waals surface area contributed by atoms with Gasteiger partial charge >= 0.3 is 0 Å². The molecule has 0 aliphatic heterocycles. The van der Waals surface area contributed by atoms with Crippen molar-refractivity contribution in [2.45, 2.75) is 0 Å². The molecule has 2 aromatic carbocycles. The maximum atomic E-state index is 12.3. The third kappa shape index (κ3) is 2.84. The number of anilines is 1. The Balaban J connectivity index is 1.87. The topological polar surface area (TPSA) is 62.0 Å². The molecule has 0 aliphatic rings. The van der Waals surface area contributed by atoms with E-state index in [4.69, 9.17) is 23.2 Å². The molecule has 3 aromatic rings. The fourth-order valence-electron chi connectivity index (χ4n) is 2.20. The highest BCUT2D eigenvalue weighted by molar-refractivity contribution is 6.48. The van der Waals surface area contributed by atoms with Crippen LogP contribution >= 0.6 is 23.2 Å². The zero-order valence-corrected chi connectivity index (χ0v) is 12.7.